The van der Waals surface area contributed by atoms with E-state index in [-0.39, 0.29) is 17.9 Å². The Morgan fingerprint density at radius 2 is 1.93 bits per heavy atom. The van der Waals surface area contributed by atoms with Crippen molar-refractivity contribution in [2.75, 3.05) is 6.61 Å². The Morgan fingerprint density at radius 1 is 1.25 bits per heavy atom. The van der Waals surface area contributed by atoms with Crippen molar-refractivity contribution in [3.8, 4) is 11.1 Å². The molecule has 3 rings (SSSR count). The Morgan fingerprint density at radius 3 is 2.57 bits per heavy atom. The molecule has 0 spiro atoms. The molecule has 7 heteroatoms. The molecule has 0 aliphatic carbocycles. The van der Waals surface area contributed by atoms with Gasteiger partial charge in [-0.1, -0.05) is 26.0 Å². The summed E-state index contributed by atoms with van der Waals surface area (Å²) >= 11 is 1.42. The molecule has 0 saturated carbocycles. The SMILES string of the molecule is Cc1sc2nc(C)n(CC(=O)OCCC(C)C)c(=O)c2c1-c1ccc(F)cc1. The zero-order chi connectivity index (χ0) is 20.4. The van der Waals surface area contributed by atoms with Gasteiger partial charge >= 0.3 is 5.97 Å². The molecular weight excluding hydrogens is 379 g/mol. The minimum atomic E-state index is -0.456. The molecule has 0 aliphatic rings. The number of fused-ring (bicyclic) bond motifs is 1. The third-order valence-electron chi connectivity index (χ3n) is 4.56. The van der Waals surface area contributed by atoms with Crippen LogP contribution in [0, 0.1) is 25.6 Å². The van der Waals surface area contributed by atoms with Gasteiger partial charge in [0.1, 0.15) is 23.0 Å². The van der Waals surface area contributed by atoms with E-state index >= 15 is 0 Å². The monoisotopic (exact) mass is 402 g/mol. The number of hydrogen-bond acceptors (Lipinski definition) is 5. The number of rotatable bonds is 6. The lowest BCUT2D eigenvalue weighted by Crippen LogP contribution is -2.28. The number of benzene rings is 1. The van der Waals surface area contributed by atoms with Crippen molar-refractivity contribution in [1.29, 1.82) is 0 Å². The van der Waals surface area contributed by atoms with Gasteiger partial charge in [-0.3, -0.25) is 14.2 Å². The normalized spacial score (nSPS) is 11.4. The summed E-state index contributed by atoms with van der Waals surface area (Å²) in [6, 6.07) is 6.02. The first-order valence-corrected chi connectivity index (χ1v) is 10.0. The zero-order valence-corrected chi connectivity index (χ0v) is 17.2. The third-order valence-corrected chi connectivity index (χ3v) is 5.56. The average molecular weight is 402 g/mol. The molecule has 0 atom stereocenters. The molecule has 28 heavy (non-hydrogen) atoms. The van der Waals surface area contributed by atoms with Gasteiger partial charge in [0.25, 0.3) is 5.56 Å². The van der Waals surface area contributed by atoms with E-state index in [2.05, 4.69) is 18.8 Å². The highest BCUT2D eigenvalue weighted by Crippen LogP contribution is 2.35. The van der Waals surface area contributed by atoms with Gasteiger partial charge in [0, 0.05) is 10.4 Å². The number of hydrogen-bond donors (Lipinski definition) is 0. The minimum Gasteiger partial charge on any atom is -0.464 e. The van der Waals surface area contributed by atoms with Crippen LogP contribution >= 0.6 is 11.3 Å². The van der Waals surface area contributed by atoms with Crippen LogP contribution in [0.5, 0.6) is 0 Å². The van der Waals surface area contributed by atoms with E-state index < -0.39 is 5.97 Å². The summed E-state index contributed by atoms with van der Waals surface area (Å²) < 4.78 is 19.9. The second-order valence-corrected chi connectivity index (χ2v) is 8.38. The molecule has 0 unspecified atom stereocenters. The largest absolute Gasteiger partial charge is 0.464 e. The summed E-state index contributed by atoms with van der Waals surface area (Å²) in [5, 5.41) is 0.453. The van der Waals surface area contributed by atoms with E-state index in [0.717, 1.165) is 22.4 Å². The summed E-state index contributed by atoms with van der Waals surface area (Å²) in [6.45, 7) is 7.87. The molecule has 0 saturated heterocycles. The maximum Gasteiger partial charge on any atom is 0.326 e. The second kappa shape index (κ2) is 8.22. The summed E-state index contributed by atoms with van der Waals surface area (Å²) in [5.41, 5.74) is 1.20. The number of ether oxygens (including phenoxy) is 1. The van der Waals surface area contributed by atoms with Crippen LogP contribution in [0.25, 0.3) is 21.3 Å². The zero-order valence-electron chi connectivity index (χ0n) is 16.4. The second-order valence-electron chi connectivity index (χ2n) is 7.17. The Balaban J connectivity index is 2.01. The lowest BCUT2D eigenvalue weighted by Gasteiger charge is -2.11. The fourth-order valence-corrected chi connectivity index (χ4v) is 4.11. The fraction of sp³-hybridized carbons (Fsp3) is 0.381. The van der Waals surface area contributed by atoms with Crippen LogP contribution in [0.1, 0.15) is 31.0 Å². The summed E-state index contributed by atoms with van der Waals surface area (Å²) in [4.78, 5) is 31.4. The van der Waals surface area contributed by atoms with Crippen LogP contribution in [0.2, 0.25) is 0 Å². The van der Waals surface area contributed by atoms with Gasteiger partial charge in [-0.05, 0) is 43.9 Å². The third kappa shape index (κ3) is 4.14. The molecule has 1 aromatic carbocycles. The van der Waals surface area contributed by atoms with E-state index in [4.69, 9.17) is 4.74 Å². The van der Waals surface area contributed by atoms with Crippen molar-refractivity contribution < 1.29 is 13.9 Å². The molecule has 0 bridgehead atoms. The molecule has 0 aliphatic heterocycles. The predicted molar refractivity (Wildman–Crippen MR) is 109 cm³/mol. The number of carbonyl (C=O) groups excluding carboxylic acids is 1. The highest BCUT2D eigenvalue weighted by Gasteiger charge is 2.20. The molecule has 3 aromatic rings. The average Bonchev–Trinajstić information content (AvgIpc) is 2.95. The van der Waals surface area contributed by atoms with Crippen molar-refractivity contribution in [1.82, 2.24) is 9.55 Å². The van der Waals surface area contributed by atoms with Crippen LogP contribution in [0.3, 0.4) is 0 Å². The van der Waals surface area contributed by atoms with Gasteiger partial charge in [-0.2, -0.15) is 0 Å². The van der Waals surface area contributed by atoms with E-state index in [0.29, 0.717) is 28.6 Å². The number of aromatic nitrogens is 2. The van der Waals surface area contributed by atoms with E-state index in [1.807, 2.05) is 6.92 Å². The van der Waals surface area contributed by atoms with Gasteiger partial charge in [0.2, 0.25) is 0 Å². The van der Waals surface area contributed by atoms with Gasteiger partial charge in [-0.15, -0.1) is 11.3 Å². The van der Waals surface area contributed by atoms with Gasteiger partial charge in [0.15, 0.2) is 0 Å². The van der Waals surface area contributed by atoms with Crippen molar-refractivity contribution in [2.24, 2.45) is 5.92 Å². The van der Waals surface area contributed by atoms with Crippen molar-refractivity contribution in [2.45, 2.75) is 40.7 Å². The number of halogens is 1. The van der Waals surface area contributed by atoms with Crippen LogP contribution in [-0.4, -0.2) is 22.1 Å². The molecule has 2 aromatic heterocycles. The molecule has 0 amide bonds. The highest BCUT2D eigenvalue weighted by atomic mass is 32.1. The number of nitrogens with zero attached hydrogens (tertiary/aromatic N) is 2. The molecule has 0 fully saturated rings. The van der Waals surface area contributed by atoms with Gasteiger partial charge in [-0.25, -0.2) is 9.37 Å². The molecular formula is C21H23FN2O3S. The lowest BCUT2D eigenvalue weighted by molar-refractivity contribution is -0.144. The number of thiophene rings is 1. The Bertz CT molecular complexity index is 1070. The number of carbonyl (C=O) groups is 1. The van der Waals surface area contributed by atoms with E-state index in [9.17, 15) is 14.0 Å². The molecule has 0 N–H and O–H groups in total. The molecule has 5 nitrogen and oxygen atoms in total. The van der Waals surface area contributed by atoms with Crippen LogP contribution in [0.15, 0.2) is 29.1 Å². The summed E-state index contributed by atoms with van der Waals surface area (Å²) in [6.07, 6.45) is 0.773. The standard InChI is InChI=1S/C21H23FN2O3S/c1-12(2)9-10-27-17(25)11-24-14(4)23-20-19(21(24)26)18(13(3)28-20)15-5-7-16(22)8-6-15/h5-8,12H,9-11H2,1-4H3. The number of aryl methyl sites for hydroxylation is 2. The first-order valence-electron chi connectivity index (χ1n) is 9.20. The Labute approximate surface area is 166 Å². The van der Waals surface area contributed by atoms with Crippen molar-refractivity contribution >= 4 is 27.5 Å². The summed E-state index contributed by atoms with van der Waals surface area (Å²) in [7, 11) is 0. The summed E-state index contributed by atoms with van der Waals surface area (Å²) in [5.74, 6) is 0.103. The lowest BCUT2D eigenvalue weighted by atomic mass is 10.0. The van der Waals surface area contributed by atoms with E-state index in [1.165, 1.54) is 28.0 Å². The molecule has 148 valence electrons. The molecule has 0 radical (unpaired) electrons. The number of esters is 1. The van der Waals surface area contributed by atoms with Crippen LogP contribution in [0.4, 0.5) is 4.39 Å². The first kappa shape index (κ1) is 20.2. The van der Waals surface area contributed by atoms with Crippen molar-refractivity contribution in [3.05, 3.63) is 51.1 Å². The quantitative estimate of drug-likeness (QED) is 0.571. The molecule has 2 heterocycles. The Kier molecular flexibility index (Phi) is 5.93. The van der Waals surface area contributed by atoms with Crippen LogP contribution < -0.4 is 5.56 Å². The topological polar surface area (TPSA) is 61.2 Å². The van der Waals surface area contributed by atoms with E-state index in [1.54, 1.807) is 19.1 Å². The highest BCUT2D eigenvalue weighted by molar-refractivity contribution is 7.19. The minimum absolute atomic E-state index is 0.177. The van der Waals surface area contributed by atoms with Crippen LogP contribution in [-0.2, 0) is 16.1 Å². The fourth-order valence-electron chi connectivity index (χ4n) is 3.03. The van der Waals surface area contributed by atoms with Crippen molar-refractivity contribution in [3.63, 3.8) is 0 Å². The maximum absolute atomic E-state index is 13.3. The maximum atomic E-state index is 13.3. The van der Waals surface area contributed by atoms with Gasteiger partial charge < -0.3 is 4.74 Å². The Hall–Kier alpha value is -2.54. The smallest absolute Gasteiger partial charge is 0.326 e. The van der Waals surface area contributed by atoms with Gasteiger partial charge in [0.05, 0.1) is 12.0 Å². The first-order chi connectivity index (χ1) is 13.3. The predicted octanol–water partition coefficient (Wildman–Crippen LogP) is 4.47.